The third-order valence-corrected chi connectivity index (χ3v) is 2.19. The maximum Gasteiger partial charge on any atom is 0.130 e. The van der Waals surface area contributed by atoms with Gasteiger partial charge in [0.25, 0.3) is 0 Å². The summed E-state index contributed by atoms with van der Waals surface area (Å²) in [7, 11) is 0. The molecule has 0 fully saturated rings. The molecule has 1 aromatic carbocycles. The molecular weight excluding hydrogens is 240 g/mol. The summed E-state index contributed by atoms with van der Waals surface area (Å²) in [5.41, 5.74) is 5.37. The van der Waals surface area contributed by atoms with E-state index in [1.165, 1.54) is 12.1 Å². The van der Waals surface area contributed by atoms with Gasteiger partial charge in [-0.3, -0.25) is 0 Å². The first-order valence-corrected chi connectivity index (χ1v) is 4.78. The van der Waals surface area contributed by atoms with E-state index < -0.39 is 11.6 Å². The zero-order valence-corrected chi connectivity index (χ0v) is 8.57. The van der Waals surface area contributed by atoms with Gasteiger partial charge in [0.1, 0.15) is 11.6 Å². The summed E-state index contributed by atoms with van der Waals surface area (Å²) in [5, 5.41) is 0. The van der Waals surface area contributed by atoms with Gasteiger partial charge in [-0.1, -0.05) is 15.9 Å². The minimum Gasteiger partial charge on any atom is -0.330 e. The molecule has 1 rings (SSSR count). The van der Waals surface area contributed by atoms with Crippen molar-refractivity contribution in [3.8, 4) is 0 Å². The van der Waals surface area contributed by atoms with E-state index in [2.05, 4.69) is 15.9 Å². The van der Waals surface area contributed by atoms with Crippen LogP contribution in [0.4, 0.5) is 8.78 Å². The molecule has 0 aromatic heterocycles. The average Bonchev–Trinajstić information content (AvgIpc) is 2.02. The summed E-state index contributed by atoms with van der Waals surface area (Å²) in [6.45, 7) is 0.439. The van der Waals surface area contributed by atoms with Crippen molar-refractivity contribution < 1.29 is 8.78 Å². The highest BCUT2D eigenvalue weighted by atomic mass is 79.9. The smallest absolute Gasteiger partial charge is 0.130 e. The number of benzene rings is 1. The topological polar surface area (TPSA) is 26.0 Å². The lowest BCUT2D eigenvalue weighted by atomic mass is 10.1. The van der Waals surface area contributed by atoms with Gasteiger partial charge in [-0.25, -0.2) is 8.78 Å². The minimum absolute atomic E-state index is 0.119. The quantitative estimate of drug-likeness (QED) is 0.876. The Morgan fingerprint density at radius 1 is 1.23 bits per heavy atom. The Labute approximate surface area is 84.1 Å². The first-order valence-electron chi connectivity index (χ1n) is 3.98. The van der Waals surface area contributed by atoms with Gasteiger partial charge in [0.15, 0.2) is 0 Å². The number of nitrogens with two attached hydrogens (primary N) is 1. The standard InChI is InChI=1S/C9H10BrF2N/c10-6-4-8(11)7(2-1-3-13)9(12)5-6/h4-5H,1-3,13H2. The van der Waals surface area contributed by atoms with Gasteiger partial charge in [0.2, 0.25) is 0 Å². The number of hydrogen-bond donors (Lipinski definition) is 1. The van der Waals surface area contributed by atoms with Crippen molar-refractivity contribution in [1.82, 2.24) is 0 Å². The van der Waals surface area contributed by atoms with Gasteiger partial charge < -0.3 is 5.73 Å². The molecule has 4 heteroatoms. The first-order chi connectivity index (χ1) is 6.15. The van der Waals surface area contributed by atoms with Crippen molar-refractivity contribution in [2.75, 3.05) is 6.54 Å². The van der Waals surface area contributed by atoms with Crippen molar-refractivity contribution in [3.05, 3.63) is 33.8 Å². The first kappa shape index (κ1) is 10.6. The van der Waals surface area contributed by atoms with E-state index in [1.54, 1.807) is 0 Å². The highest BCUT2D eigenvalue weighted by Crippen LogP contribution is 2.20. The van der Waals surface area contributed by atoms with Crippen LogP contribution in [0.1, 0.15) is 12.0 Å². The molecule has 2 N–H and O–H groups in total. The third kappa shape index (κ3) is 2.74. The van der Waals surface area contributed by atoms with Crippen LogP contribution in [0.3, 0.4) is 0 Å². The molecule has 13 heavy (non-hydrogen) atoms. The van der Waals surface area contributed by atoms with E-state index in [1.807, 2.05) is 0 Å². The fourth-order valence-corrected chi connectivity index (χ4v) is 1.49. The lowest BCUT2D eigenvalue weighted by molar-refractivity contribution is 0.549. The van der Waals surface area contributed by atoms with Gasteiger partial charge >= 0.3 is 0 Å². The van der Waals surface area contributed by atoms with Crippen LogP contribution in [0, 0.1) is 11.6 Å². The lowest BCUT2D eigenvalue weighted by Gasteiger charge is -2.04. The van der Waals surface area contributed by atoms with Gasteiger partial charge in [-0.2, -0.15) is 0 Å². The Morgan fingerprint density at radius 2 is 1.77 bits per heavy atom. The fraction of sp³-hybridized carbons (Fsp3) is 0.333. The van der Waals surface area contributed by atoms with Gasteiger partial charge in [0, 0.05) is 10.0 Å². The molecule has 1 nitrogen and oxygen atoms in total. The molecule has 0 saturated heterocycles. The predicted molar refractivity (Wildman–Crippen MR) is 51.4 cm³/mol. The zero-order valence-electron chi connectivity index (χ0n) is 6.99. The van der Waals surface area contributed by atoms with Gasteiger partial charge in [0.05, 0.1) is 0 Å². The maximum absolute atomic E-state index is 13.1. The lowest BCUT2D eigenvalue weighted by Crippen LogP contribution is -2.03. The molecule has 0 saturated carbocycles. The van der Waals surface area contributed by atoms with Crippen molar-refractivity contribution in [2.24, 2.45) is 5.73 Å². The molecule has 1 aromatic rings. The van der Waals surface area contributed by atoms with Crippen molar-refractivity contribution in [1.29, 1.82) is 0 Å². The van der Waals surface area contributed by atoms with Crippen LogP contribution < -0.4 is 5.73 Å². The molecule has 0 aliphatic carbocycles. The molecule has 0 atom stereocenters. The second-order valence-electron chi connectivity index (χ2n) is 2.74. The summed E-state index contributed by atoms with van der Waals surface area (Å²) in [6.07, 6.45) is 0.941. The molecule has 0 bridgehead atoms. The van der Waals surface area contributed by atoms with Crippen LogP contribution in [0.25, 0.3) is 0 Å². The number of halogens is 3. The van der Waals surface area contributed by atoms with Crippen LogP contribution in [0.2, 0.25) is 0 Å². The van der Waals surface area contributed by atoms with Crippen molar-refractivity contribution in [3.63, 3.8) is 0 Å². The summed E-state index contributed by atoms with van der Waals surface area (Å²) in [6, 6.07) is 2.52. The summed E-state index contributed by atoms with van der Waals surface area (Å²) >= 11 is 3.01. The number of hydrogen-bond acceptors (Lipinski definition) is 1. The average molecular weight is 250 g/mol. The van der Waals surface area contributed by atoms with Crippen LogP contribution in [0.15, 0.2) is 16.6 Å². The van der Waals surface area contributed by atoms with Crippen LogP contribution in [0.5, 0.6) is 0 Å². The Hall–Kier alpha value is -0.480. The molecule has 0 heterocycles. The molecule has 0 spiro atoms. The highest BCUT2D eigenvalue weighted by molar-refractivity contribution is 9.10. The fourth-order valence-electron chi connectivity index (χ4n) is 1.09. The third-order valence-electron chi connectivity index (χ3n) is 1.74. The molecular formula is C9H10BrF2N. The number of rotatable bonds is 3. The van der Waals surface area contributed by atoms with Crippen molar-refractivity contribution >= 4 is 15.9 Å². The Balaban J connectivity index is 2.92. The maximum atomic E-state index is 13.1. The zero-order chi connectivity index (χ0) is 9.84. The summed E-state index contributed by atoms with van der Waals surface area (Å²) < 4.78 is 26.7. The van der Waals surface area contributed by atoms with Gasteiger partial charge in [-0.15, -0.1) is 0 Å². The van der Waals surface area contributed by atoms with Crippen LogP contribution >= 0.6 is 15.9 Å². The summed E-state index contributed by atoms with van der Waals surface area (Å²) in [5.74, 6) is -1.03. The molecule has 0 aliphatic rings. The van der Waals surface area contributed by atoms with Crippen molar-refractivity contribution in [2.45, 2.75) is 12.8 Å². The van der Waals surface area contributed by atoms with E-state index in [0.717, 1.165) is 0 Å². The molecule has 0 radical (unpaired) electrons. The minimum atomic E-state index is -0.514. The Bertz CT molecular complexity index is 279. The van der Waals surface area contributed by atoms with Crippen LogP contribution in [-0.4, -0.2) is 6.54 Å². The highest BCUT2D eigenvalue weighted by Gasteiger charge is 2.09. The van der Waals surface area contributed by atoms with E-state index >= 15 is 0 Å². The second kappa shape index (κ2) is 4.67. The largest absolute Gasteiger partial charge is 0.330 e. The molecule has 0 unspecified atom stereocenters. The van der Waals surface area contributed by atoms with E-state index in [9.17, 15) is 8.78 Å². The van der Waals surface area contributed by atoms with Crippen LogP contribution in [-0.2, 0) is 6.42 Å². The SMILES string of the molecule is NCCCc1c(F)cc(Br)cc1F. The van der Waals surface area contributed by atoms with E-state index in [0.29, 0.717) is 23.9 Å². The predicted octanol–water partition coefficient (Wildman–Crippen LogP) is 2.62. The monoisotopic (exact) mass is 249 g/mol. The molecule has 0 amide bonds. The Morgan fingerprint density at radius 3 is 2.23 bits per heavy atom. The van der Waals surface area contributed by atoms with Gasteiger partial charge in [-0.05, 0) is 31.5 Å². The molecule has 72 valence electrons. The normalized spacial score (nSPS) is 10.5. The van der Waals surface area contributed by atoms with E-state index in [-0.39, 0.29) is 5.56 Å². The Kier molecular flexibility index (Phi) is 3.81. The molecule has 0 aliphatic heterocycles. The summed E-state index contributed by atoms with van der Waals surface area (Å²) in [4.78, 5) is 0. The van der Waals surface area contributed by atoms with E-state index in [4.69, 9.17) is 5.73 Å². The second-order valence-corrected chi connectivity index (χ2v) is 3.66.